The first-order valence-electron chi connectivity index (χ1n) is 6.98. The second-order valence-corrected chi connectivity index (χ2v) is 6.32. The molecule has 0 aliphatic rings. The molecule has 6 heteroatoms. The molecule has 0 saturated heterocycles. The summed E-state index contributed by atoms with van der Waals surface area (Å²) >= 11 is 9.35. The third-order valence-corrected chi connectivity index (χ3v) is 4.43. The first-order valence-corrected chi connectivity index (χ1v) is 8.15. The molecule has 0 bridgehead atoms. The zero-order valence-electron chi connectivity index (χ0n) is 12.7. The predicted octanol–water partition coefficient (Wildman–Crippen LogP) is 4.67. The maximum atomic E-state index is 13.7. The summed E-state index contributed by atoms with van der Waals surface area (Å²) in [5, 5.41) is 3.09. The molecule has 0 spiro atoms. The fourth-order valence-corrected chi connectivity index (χ4v) is 2.98. The summed E-state index contributed by atoms with van der Waals surface area (Å²) in [6, 6.07) is 9.70. The van der Waals surface area contributed by atoms with Crippen molar-refractivity contribution in [2.45, 2.75) is 19.4 Å². The van der Waals surface area contributed by atoms with Gasteiger partial charge in [0, 0.05) is 10.6 Å². The van der Waals surface area contributed by atoms with Crippen LogP contribution < -0.4 is 10.1 Å². The Labute approximate surface area is 147 Å². The van der Waals surface area contributed by atoms with Crippen LogP contribution in [0.2, 0.25) is 5.02 Å². The van der Waals surface area contributed by atoms with Gasteiger partial charge in [-0.1, -0.05) is 23.7 Å². The highest BCUT2D eigenvalue weighted by atomic mass is 79.9. The Balaban J connectivity index is 2.06. The van der Waals surface area contributed by atoms with Crippen molar-refractivity contribution in [3.63, 3.8) is 0 Å². The normalized spacial score (nSPS) is 11.9. The third-order valence-electron chi connectivity index (χ3n) is 3.45. The van der Waals surface area contributed by atoms with Crippen molar-refractivity contribution in [3.8, 4) is 5.75 Å². The second-order valence-electron chi connectivity index (χ2n) is 5.06. The topological polar surface area (TPSA) is 38.3 Å². The van der Waals surface area contributed by atoms with Gasteiger partial charge in [-0.15, -0.1) is 0 Å². The van der Waals surface area contributed by atoms with E-state index in [9.17, 15) is 9.18 Å². The van der Waals surface area contributed by atoms with E-state index in [2.05, 4.69) is 21.2 Å². The van der Waals surface area contributed by atoms with Gasteiger partial charge in [-0.05, 0) is 52.7 Å². The minimum atomic E-state index is -0.479. The molecular formula is C17H16BrClFNO2. The van der Waals surface area contributed by atoms with Crippen LogP contribution in [0.1, 0.15) is 24.1 Å². The number of rotatable bonds is 5. The molecule has 0 aromatic heterocycles. The number of hydrogen-bond donors (Lipinski definition) is 1. The van der Waals surface area contributed by atoms with E-state index in [1.54, 1.807) is 13.2 Å². The van der Waals surface area contributed by atoms with Crippen molar-refractivity contribution < 1.29 is 13.9 Å². The molecule has 0 aliphatic carbocycles. The third kappa shape index (κ3) is 4.45. The van der Waals surface area contributed by atoms with E-state index < -0.39 is 5.82 Å². The summed E-state index contributed by atoms with van der Waals surface area (Å²) in [6.45, 7) is 1.86. The summed E-state index contributed by atoms with van der Waals surface area (Å²) in [4.78, 5) is 12.1. The molecule has 2 rings (SSSR count). The largest absolute Gasteiger partial charge is 0.496 e. The van der Waals surface area contributed by atoms with Gasteiger partial charge in [0.1, 0.15) is 11.6 Å². The highest BCUT2D eigenvalue weighted by Gasteiger charge is 2.15. The Kier molecular flexibility index (Phi) is 6.02. The van der Waals surface area contributed by atoms with Gasteiger partial charge in [0.2, 0.25) is 5.91 Å². The van der Waals surface area contributed by atoms with Crippen LogP contribution in [0, 0.1) is 5.82 Å². The number of methoxy groups -OCH3 is 1. The molecule has 2 aromatic carbocycles. The summed E-state index contributed by atoms with van der Waals surface area (Å²) in [5.41, 5.74) is 1.11. The van der Waals surface area contributed by atoms with Crippen molar-refractivity contribution >= 4 is 33.4 Å². The Morgan fingerprint density at radius 2 is 2.13 bits per heavy atom. The maximum absolute atomic E-state index is 13.7. The molecule has 0 aliphatic heterocycles. The van der Waals surface area contributed by atoms with E-state index in [-0.39, 0.29) is 29.0 Å². The summed E-state index contributed by atoms with van der Waals surface area (Å²) in [6.07, 6.45) is -0.104. The van der Waals surface area contributed by atoms with Gasteiger partial charge in [0.05, 0.1) is 24.0 Å². The minimum Gasteiger partial charge on any atom is -0.496 e. The van der Waals surface area contributed by atoms with Crippen LogP contribution in [0.4, 0.5) is 4.39 Å². The van der Waals surface area contributed by atoms with Crippen molar-refractivity contribution in [3.05, 3.63) is 62.8 Å². The van der Waals surface area contributed by atoms with Crippen LogP contribution in [-0.4, -0.2) is 13.0 Å². The Bertz CT molecular complexity index is 703. The van der Waals surface area contributed by atoms with Crippen molar-refractivity contribution in [2.24, 2.45) is 0 Å². The first kappa shape index (κ1) is 17.8. The van der Waals surface area contributed by atoms with E-state index in [1.165, 1.54) is 12.1 Å². The van der Waals surface area contributed by atoms with Crippen LogP contribution in [-0.2, 0) is 11.2 Å². The molecule has 122 valence electrons. The van der Waals surface area contributed by atoms with Gasteiger partial charge in [-0.3, -0.25) is 4.79 Å². The molecular weight excluding hydrogens is 385 g/mol. The monoisotopic (exact) mass is 399 g/mol. The van der Waals surface area contributed by atoms with E-state index in [1.807, 2.05) is 25.1 Å². The second kappa shape index (κ2) is 7.79. The van der Waals surface area contributed by atoms with Gasteiger partial charge in [-0.25, -0.2) is 4.39 Å². The molecule has 0 unspecified atom stereocenters. The van der Waals surface area contributed by atoms with E-state index >= 15 is 0 Å². The predicted molar refractivity (Wildman–Crippen MR) is 92.4 cm³/mol. The van der Waals surface area contributed by atoms with Crippen LogP contribution in [0.5, 0.6) is 5.75 Å². The summed E-state index contributed by atoms with van der Waals surface area (Å²) < 4.78 is 19.7. The first-order chi connectivity index (χ1) is 10.9. The van der Waals surface area contributed by atoms with Crippen molar-refractivity contribution in [1.82, 2.24) is 5.32 Å². The highest BCUT2D eigenvalue weighted by molar-refractivity contribution is 9.10. The van der Waals surface area contributed by atoms with Gasteiger partial charge in [0.25, 0.3) is 0 Å². The number of ether oxygens (including phenoxy) is 1. The minimum absolute atomic E-state index is 0.104. The Morgan fingerprint density at radius 1 is 1.39 bits per heavy atom. The zero-order chi connectivity index (χ0) is 17.0. The lowest BCUT2D eigenvalue weighted by Crippen LogP contribution is -2.28. The summed E-state index contributed by atoms with van der Waals surface area (Å²) in [5.74, 6) is -0.0608. The molecule has 1 amide bonds. The number of hydrogen-bond acceptors (Lipinski definition) is 2. The highest BCUT2D eigenvalue weighted by Crippen LogP contribution is 2.28. The molecule has 3 nitrogen and oxygen atoms in total. The summed E-state index contributed by atoms with van der Waals surface area (Å²) in [7, 11) is 1.59. The van der Waals surface area contributed by atoms with Gasteiger partial charge < -0.3 is 10.1 Å². The number of carbonyl (C=O) groups is 1. The molecule has 2 aromatic rings. The number of benzene rings is 2. The molecule has 0 fully saturated rings. The Morgan fingerprint density at radius 3 is 2.74 bits per heavy atom. The van der Waals surface area contributed by atoms with E-state index in [4.69, 9.17) is 16.3 Å². The lowest BCUT2D eigenvalue weighted by molar-refractivity contribution is -0.121. The quantitative estimate of drug-likeness (QED) is 0.792. The Hall–Kier alpha value is -1.59. The van der Waals surface area contributed by atoms with Crippen LogP contribution >= 0.6 is 27.5 Å². The fraction of sp³-hybridized carbons (Fsp3) is 0.235. The van der Waals surface area contributed by atoms with Crippen LogP contribution in [0.15, 0.2) is 40.9 Å². The SMILES string of the molecule is COc1ccc([C@H](C)NC(=O)Cc2c(F)cccc2Cl)cc1Br. The number of amides is 1. The fourth-order valence-electron chi connectivity index (χ4n) is 2.19. The average molecular weight is 401 g/mol. The molecule has 0 saturated carbocycles. The van der Waals surface area contributed by atoms with Crippen LogP contribution in [0.3, 0.4) is 0 Å². The lowest BCUT2D eigenvalue weighted by atomic mass is 10.1. The molecule has 1 N–H and O–H groups in total. The average Bonchev–Trinajstić information content (AvgIpc) is 2.51. The lowest BCUT2D eigenvalue weighted by Gasteiger charge is -2.16. The van der Waals surface area contributed by atoms with Crippen molar-refractivity contribution in [2.75, 3.05) is 7.11 Å². The molecule has 0 radical (unpaired) electrons. The van der Waals surface area contributed by atoms with E-state index in [0.717, 1.165) is 10.0 Å². The smallest absolute Gasteiger partial charge is 0.225 e. The molecule has 1 atom stereocenters. The van der Waals surface area contributed by atoms with Gasteiger partial charge in [-0.2, -0.15) is 0 Å². The number of nitrogens with one attached hydrogen (secondary N) is 1. The number of halogens is 3. The van der Waals surface area contributed by atoms with Crippen LogP contribution in [0.25, 0.3) is 0 Å². The maximum Gasteiger partial charge on any atom is 0.225 e. The van der Waals surface area contributed by atoms with Gasteiger partial charge in [0.15, 0.2) is 0 Å². The van der Waals surface area contributed by atoms with Gasteiger partial charge >= 0.3 is 0 Å². The standard InChI is InChI=1S/C17H16BrClFNO2/c1-10(11-6-7-16(23-2)13(18)8-11)21-17(22)9-12-14(19)4-3-5-15(12)20/h3-8,10H,9H2,1-2H3,(H,21,22)/t10-/m0/s1. The molecule has 0 heterocycles. The molecule has 23 heavy (non-hydrogen) atoms. The zero-order valence-corrected chi connectivity index (χ0v) is 15.0. The van der Waals surface area contributed by atoms with Crippen molar-refractivity contribution in [1.29, 1.82) is 0 Å². The van der Waals surface area contributed by atoms with E-state index in [0.29, 0.717) is 5.75 Å². The number of carbonyl (C=O) groups excluding carboxylic acids is 1.